The molecule has 2 rings (SSSR count). The lowest BCUT2D eigenvalue weighted by Crippen LogP contribution is -2.49. The molecule has 2 bridgehead atoms. The molecule has 0 aromatic heterocycles. The molecule has 0 aliphatic carbocycles. The van der Waals surface area contributed by atoms with Gasteiger partial charge in [-0.25, -0.2) is 0 Å². The Bertz CT molecular complexity index is 288. The Hall–Kier alpha value is -0.170. The molecule has 2 saturated heterocycles. The summed E-state index contributed by atoms with van der Waals surface area (Å²) < 4.78 is 32.2. The first-order chi connectivity index (χ1) is 5.49. The molecule has 2 heterocycles. The third-order valence-electron chi connectivity index (χ3n) is 2.29. The Morgan fingerprint density at radius 2 is 2.17 bits per heavy atom. The van der Waals surface area contributed by atoms with Gasteiger partial charge >= 0.3 is 0 Å². The smallest absolute Gasteiger partial charge is 0.270 e. The molecule has 5 nitrogen and oxygen atoms in total. The van der Waals surface area contributed by atoms with Crippen LogP contribution >= 0.6 is 0 Å². The van der Waals surface area contributed by atoms with Gasteiger partial charge in [0.1, 0.15) is 11.9 Å². The van der Waals surface area contributed by atoms with E-state index < -0.39 is 16.2 Å². The molecule has 4 atom stereocenters. The van der Waals surface area contributed by atoms with Crippen molar-refractivity contribution in [2.75, 3.05) is 5.75 Å². The number of hydrogen-bond acceptors (Lipinski definition) is 5. The van der Waals surface area contributed by atoms with Crippen molar-refractivity contribution < 1.29 is 17.3 Å². The zero-order valence-electron chi connectivity index (χ0n) is 6.64. The Kier molecular flexibility index (Phi) is 1.69. The minimum absolute atomic E-state index is 0.116. The fraction of sp³-hybridized carbons (Fsp3) is 1.00. The van der Waals surface area contributed by atoms with E-state index in [1.54, 1.807) is 6.92 Å². The summed E-state index contributed by atoms with van der Waals surface area (Å²) in [5, 5.41) is 0. The normalized spacial score (nSPS) is 50.8. The van der Waals surface area contributed by atoms with Gasteiger partial charge in [0.25, 0.3) is 10.1 Å². The van der Waals surface area contributed by atoms with Crippen molar-refractivity contribution in [3.05, 3.63) is 0 Å². The second-order valence-corrected chi connectivity index (χ2v) is 4.88. The predicted octanol–water partition coefficient (Wildman–Crippen LogP) is -1.17. The van der Waals surface area contributed by atoms with Crippen LogP contribution in [0.1, 0.15) is 6.92 Å². The van der Waals surface area contributed by atoms with E-state index in [4.69, 9.17) is 14.7 Å². The Balaban J connectivity index is 2.30. The van der Waals surface area contributed by atoms with Gasteiger partial charge in [0, 0.05) is 0 Å². The van der Waals surface area contributed by atoms with Crippen LogP contribution < -0.4 is 5.73 Å². The molecular weight excluding hydrogens is 182 g/mol. The minimum atomic E-state index is -3.39. The second kappa shape index (κ2) is 2.41. The first kappa shape index (κ1) is 8.43. The van der Waals surface area contributed by atoms with Crippen molar-refractivity contribution in [2.45, 2.75) is 31.3 Å². The zero-order valence-corrected chi connectivity index (χ0v) is 7.45. The third kappa shape index (κ3) is 1.15. The van der Waals surface area contributed by atoms with E-state index in [-0.39, 0.29) is 24.0 Å². The van der Waals surface area contributed by atoms with Crippen molar-refractivity contribution in [1.82, 2.24) is 0 Å². The predicted molar refractivity (Wildman–Crippen MR) is 41.0 cm³/mol. The molecule has 2 N–H and O–H groups in total. The van der Waals surface area contributed by atoms with Crippen LogP contribution in [0.5, 0.6) is 0 Å². The molecule has 70 valence electrons. The molecule has 6 heteroatoms. The first-order valence-electron chi connectivity index (χ1n) is 3.81. The van der Waals surface area contributed by atoms with E-state index in [2.05, 4.69) is 0 Å². The summed E-state index contributed by atoms with van der Waals surface area (Å²) >= 11 is 0. The summed E-state index contributed by atoms with van der Waals surface area (Å²) in [4.78, 5) is 0. The van der Waals surface area contributed by atoms with Gasteiger partial charge in [-0.2, -0.15) is 8.42 Å². The summed E-state index contributed by atoms with van der Waals surface area (Å²) in [6, 6.07) is -0.302. The molecule has 0 saturated carbocycles. The zero-order chi connectivity index (χ0) is 8.93. The van der Waals surface area contributed by atoms with Gasteiger partial charge in [0.15, 0.2) is 0 Å². The maximum atomic E-state index is 11.0. The van der Waals surface area contributed by atoms with Crippen LogP contribution in [0.2, 0.25) is 0 Å². The maximum Gasteiger partial charge on any atom is 0.270 e. The van der Waals surface area contributed by atoms with Crippen LogP contribution in [0.15, 0.2) is 0 Å². The topological polar surface area (TPSA) is 78.6 Å². The van der Waals surface area contributed by atoms with Gasteiger partial charge < -0.3 is 10.5 Å². The molecule has 12 heavy (non-hydrogen) atoms. The molecule has 2 aliphatic rings. The van der Waals surface area contributed by atoms with E-state index in [0.29, 0.717) is 0 Å². The van der Waals surface area contributed by atoms with Crippen molar-refractivity contribution in [2.24, 2.45) is 5.73 Å². The molecule has 4 unspecified atom stereocenters. The largest absolute Gasteiger partial charge is 0.370 e. The minimum Gasteiger partial charge on any atom is -0.370 e. The number of nitrogens with two attached hydrogens (primary N) is 1. The Labute approximate surface area is 71.0 Å². The molecule has 0 amide bonds. The highest BCUT2D eigenvalue weighted by Gasteiger charge is 2.49. The summed E-state index contributed by atoms with van der Waals surface area (Å²) in [5.74, 6) is -0.116. The van der Waals surface area contributed by atoms with Gasteiger partial charge in [-0.05, 0) is 6.92 Å². The van der Waals surface area contributed by atoms with E-state index in [0.717, 1.165) is 0 Å². The van der Waals surface area contributed by atoms with E-state index in [1.165, 1.54) is 0 Å². The van der Waals surface area contributed by atoms with Gasteiger partial charge in [0.2, 0.25) is 0 Å². The summed E-state index contributed by atoms with van der Waals surface area (Å²) in [6.07, 6.45) is -1.10. The third-order valence-corrected chi connectivity index (χ3v) is 3.54. The summed E-state index contributed by atoms with van der Waals surface area (Å²) in [6.45, 7) is 1.77. The summed E-state index contributed by atoms with van der Waals surface area (Å²) in [7, 11) is -3.39. The second-order valence-electron chi connectivity index (χ2n) is 3.24. The quantitative estimate of drug-likeness (QED) is 0.490. The van der Waals surface area contributed by atoms with Crippen LogP contribution in [0.4, 0.5) is 0 Å². The Morgan fingerprint density at radius 1 is 1.50 bits per heavy atom. The first-order valence-corrected chi connectivity index (χ1v) is 5.39. The van der Waals surface area contributed by atoms with Crippen LogP contribution in [0.25, 0.3) is 0 Å². The molecule has 2 aliphatic heterocycles. The molecule has 0 spiro atoms. The standard InChI is InChI=1S/C6H11NO4S/c1-3-6-5(7)4(10-3)2-12(8,9)11-6/h3-6H,2,7H2,1H3. The van der Waals surface area contributed by atoms with Gasteiger partial charge in [-0.1, -0.05) is 0 Å². The highest BCUT2D eigenvalue weighted by Crippen LogP contribution is 2.29. The van der Waals surface area contributed by atoms with Crippen LogP contribution in [-0.4, -0.2) is 38.5 Å². The highest BCUT2D eigenvalue weighted by molar-refractivity contribution is 7.86. The molecule has 0 aromatic rings. The molecule has 0 aromatic carbocycles. The number of rotatable bonds is 0. The Morgan fingerprint density at radius 3 is 2.75 bits per heavy atom. The SMILES string of the molecule is CC1OC2CS(=O)(=O)OC1C2N. The van der Waals surface area contributed by atoms with E-state index in [1.807, 2.05) is 0 Å². The van der Waals surface area contributed by atoms with E-state index in [9.17, 15) is 8.42 Å². The van der Waals surface area contributed by atoms with Crippen LogP contribution in [0.3, 0.4) is 0 Å². The van der Waals surface area contributed by atoms with Crippen molar-refractivity contribution in [1.29, 1.82) is 0 Å². The van der Waals surface area contributed by atoms with Crippen molar-refractivity contribution in [3.63, 3.8) is 0 Å². The van der Waals surface area contributed by atoms with Gasteiger partial charge in [-0.3, -0.25) is 4.18 Å². The van der Waals surface area contributed by atoms with Crippen LogP contribution in [-0.2, 0) is 19.0 Å². The van der Waals surface area contributed by atoms with Gasteiger partial charge in [-0.15, -0.1) is 0 Å². The lowest BCUT2D eigenvalue weighted by Gasteiger charge is -2.24. The van der Waals surface area contributed by atoms with Crippen LogP contribution in [0, 0.1) is 0 Å². The summed E-state index contributed by atoms with van der Waals surface area (Å²) in [5.41, 5.74) is 5.68. The number of ether oxygens (including phenoxy) is 1. The number of fused-ring (bicyclic) bond motifs is 2. The lowest BCUT2D eigenvalue weighted by atomic mass is 10.1. The lowest BCUT2D eigenvalue weighted by molar-refractivity contribution is 0.0508. The monoisotopic (exact) mass is 193 g/mol. The fourth-order valence-electron chi connectivity index (χ4n) is 1.67. The van der Waals surface area contributed by atoms with Crippen molar-refractivity contribution in [3.8, 4) is 0 Å². The van der Waals surface area contributed by atoms with Gasteiger partial charge in [0.05, 0.1) is 18.2 Å². The average Bonchev–Trinajstić information content (AvgIpc) is 2.16. The average molecular weight is 193 g/mol. The van der Waals surface area contributed by atoms with Crippen molar-refractivity contribution >= 4 is 10.1 Å². The molecule has 0 radical (unpaired) electrons. The van der Waals surface area contributed by atoms with E-state index >= 15 is 0 Å². The molecule has 2 fully saturated rings. The highest BCUT2D eigenvalue weighted by atomic mass is 32.2. The number of hydrogen-bond donors (Lipinski definition) is 1. The molecular formula is C6H11NO4S. The maximum absolute atomic E-state index is 11.0. The fourth-order valence-corrected chi connectivity index (χ4v) is 3.08.